The fourth-order valence-electron chi connectivity index (χ4n) is 4.14. The summed E-state index contributed by atoms with van der Waals surface area (Å²) in [6.45, 7) is 3.78. The molecule has 0 saturated carbocycles. The Morgan fingerprint density at radius 1 is 1.09 bits per heavy atom. The van der Waals surface area contributed by atoms with Gasteiger partial charge in [0.1, 0.15) is 15.5 Å². The molecule has 1 aromatic heterocycles. The van der Waals surface area contributed by atoms with Gasteiger partial charge in [0.15, 0.2) is 0 Å². The number of hydrogen-bond donors (Lipinski definition) is 1. The van der Waals surface area contributed by atoms with Gasteiger partial charge in [0.2, 0.25) is 0 Å². The topological polar surface area (TPSA) is 62.3 Å². The Hall–Kier alpha value is -2.91. The summed E-state index contributed by atoms with van der Waals surface area (Å²) in [5.74, 6) is 0.135. The molecule has 0 bridgehead atoms. The number of aromatic nitrogens is 1. The SMILES string of the molecule is Cc1ccc(Nc2cccc3c2CCN(CCS(C)(=O)=O)C3)cc1-c1cccc(C(F)(F)F)n1. The predicted molar refractivity (Wildman–Crippen MR) is 128 cm³/mol. The Labute approximate surface area is 197 Å². The molecule has 180 valence electrons. The van der Waals surface area contributed by atoms with Gasteiger partial charge in [-0.05, 0) is 60.4 Å². The summed E-state index contributed by atoms with van der Waals surface area (Å²) >= 11 is 0. The van der Waals surface area contributed by atoms with Crippen molar-refractivity contribution >= 4 is 21.2 Å². The quantitative estimate of drug-likeness (QED) is 0.514. The number of sulfone groups is 1. The minimum absolute atomic E-state index is 0.135. The van der Waals surface area contributed by atoms with Crippen molar-refractivity contribution < 1.29 is 21.6 Å². The number of alkyl halides is 3. The minimum Gasteiger partial charge on any atom is -0.355 e. The molecule has 0 unspecified atom stereocenters. The molecule has 9 heteroatoms. The van der Waals surface area contributed by atoms with Crippen LogP contribution in [-0.2, 0) is 29.0 Å². The number of anilines is 2. The van der Waals surface area contributed by atoms with Gasteiger partial charge < -0.3 is 5.32 Å². The third kappa shape index (κ3) is 5.77. The molecule has 0 radical (unpaired) electrons. The van der Waals surface area contributed by atoms with Crippen molar-refractivity contribution in [2.45, 2.75) is 26.1 Å². The average Bonchev–Trinajstić information content (AvgIpc) is 2.78. The molecule has 0 spiro atoms. The maximum absolute atomic E-state index is 13.1. The first kappa shape index (κ1) is 24.2. The highest BCUT2D eigenvalue weighted by Gasteiger charge is 2.32. The van der Waals surface area contributed by atoms with Crippen molar-refractivity contribution in [2.24, 2.45) is 0 Å². The lowest BCUT2D eigenvalue weighted by atomic mass is 9.97. The van der Waals surface area contributed by atoms with Crippen LogP contribution < -0.4 is 5.32 Å². The second-order valence-electron chi connectivity index (χ2n) is 8.66. The van der Waals surface area contributed by atoms with E-state index in [9.17, 15) is 21.6 Å². The van der Waals surface area contributed by atoms with Crippen molar-refractivity contribution in [2.75, 3.05) is 30.4 Å². The first-order chi connectivity index (χ1) is 16.0. The van der Waals surface area contributed by atoms with E-state index in [4.69, 9.17) is 0 Å². The smallest absolute Gasteiger partial charge is 0.355 e. The maximum Gasteiger partial charge on any atom is 0.433 e. The van der Waals surface area contributed by atoms with E-state index in [-0.39, 0.29) is 11.4 Å². The van der Waals surface area contributed by atoms with E-state index in [1.54, 1.807) is 6.07 Å². The van der Waals surface area contributed by atoms with Gasteiger partial charge in [0.25, 0.3) is 0 Å². The highest BCUT2D eigenvalue weighted by molar-refractivity contribution is 7.90. The van der Waals surface area contributed by atoms with E-state index >= 15 is 0 Å². The predicted octanol–water partition coefficient (Wildman–Crippen LogP) is 5.22. The zero-order valence-electron chi connectivity index (χ0n) is 19.0. The van der Waals surface area contributed by atoms with Crippen molar-refractivity contribution in [3.63, 3.8) is 0 Å². The lowest BCUT2D eigenvalue weighted by Crippen LogP contribution is -2.34. The molecule has 1 N–H and O–H groups in total. The van der Waals surface area contributed by atoms with Crippen LogP contribution in [0.3, 0.4) is 0 Å². The van der Waals surface area contributed by atoms with Crippen LogP contribution in [0.1, 0.15) is 22.4 Å². The van der Waals surface area contributed by atoms with Gasteiger partial charge >= 0.3 is 6.18 Å². The first-order valence-corrected chi connectivity index (χ1v) is 13.0. The number of halogens is 3. The second kappa shape index (κ2) is 9.38. The molecule has 1 aliphatic rings. The Kier molecular flexibility index (Phi) is 6.69. The molecule has 34 heavy (non-hydrogen) atoms. The monoisotopic (exact) mass is 489 g/mol. The number of pyridine rings is 1. The standard InChI is InChI=1S/C25H26F3N3O2S/c1-17-9-10-19(15-21(17)23-7-4-8-24(30-23)25(26,27)28)29-22-6-3-5-18-16-31(12-11-20(18)22)13-14-34(2,32)33/h3-10,15,29H,11-14,16H2,1-2H3. The van der Waals surface area contributed by atoms with E-state index in [0.717, 1.165) is 47.1 Å². The van der Waals surface area contributed by atoms with E-state index in [1.807, 2.05) is 43.3 Å². The number of aryl methyl sites for hydroxylation is 1. The lowest BCUT2D eigenvalue weighted by Gasteiger charge is -2.30. The summed E-state index contributed by atoms with van der Waals surface area (Å²) in [5, 5.41) is 3.42. The maximum atomic E-state index is 13.1. The third-order valence-corrected chi connectivity index (χ3v) is 6.88. The van der Waals surface area contributed by atoms with Gasteiger partial charge in [0, 0.05) is 42.8 Å². The summed E-state index contributed by atoms with van der Waals surface area (Å²) < 4.78 is 62.4. The van der Waals surface area contributed by atoms with Crippen LogP contribution in [0.15, 0.2) is 54.6 Å². The second-order valence-corrected chi connectivity index (χ2v) is 10.9. The van der Waals surface area contributed by atoms with Crippen LogP contribution in [0.2, 0.25) is 0 Å². The number of benzene rings is 2. The molecule has 0 amide bonds. The van der Waals surface area contributed by atoms with Crippen molar-refractivity contribution in [1.29, 1.82) is 0 Å². The van der Waals surface area contributed by atoms with Gasteiger partial charge in [-0.15, -0.1) is 0 Å². The Morgan fingerprint density at radius 3 is 2.59 bits per heavy atom. The largest absolute Gasteiger partial charge is 0.433 e. The number of rotatable bonds is 6. The van der Waals surface area contributed by atoms with Crippen LogP contribution in [0.25, 0.3) is 11.3 Å². The molecule has 0 aliphatic carbocycles. The summed E-state index contributed by atoms with van der Waals surface area (Å²) in [4.78, 5) is 5.97. The van der Waals surface area contributed by atoms with Crippen LogP contribution in [-0.4, -0.2) is 43.4 Å². The molecule has 0 saturated heterocycles. The summed E-state index contributed by atoms with van der Waals surface area (Å²) in [6.07, 6.45) is -2.48. The van der Waals surface area contributed by atoms with Gasteiger partial charge in [-0.1, -0.05) is 24.3 Å². The summed E-state index contributed by atoms with van der Waals surface area (Å²) in [6, 6.07) is 15.5. The Balaban J connectivity index is 1.57. The van der Waals surface area contributed by atoms with E-state index in [0.29, 0.717) is 18.7 Å². The summed E-state index contributed by atoms with van der Waals surface area (Å²) in [5.41, 5.74) is 4.81. The Morgan fingerprint density at radius 2 is 1.85 bits per heavy atom. The molecule has 2 heterocycles. The van der Waals surface area contributed by atoms with E-state index < -0.39 is 21.7 Å². The third-order valence-electron chi connectivity index (χ3n) is 5.96. The van der Waals surface area contributed by atoms with Crippen molar-refractivity contribution in [1.82, 2.24) is 9.88 Å². The highest BCUT2D eigenvalue weighted by atomic mass is 32.2. The highest BCUT2D eigenvalue weighted by Crippen LogP contribution is 2.33. The van der Waals surface area contributed by atoms with Gasteiger partial charge in [-0.2, -0.15) is 13.2 Å². The zero-order valence-corrected chi connectivity index (χ0v) is 19.8. The fourth-order valence-corrected chi connectivity index (χ4v) is 4.73. The zero-order chi connectivity index (χ0) is 24.5. The normalized spacial score (nSPS) is 14.6. The summed E-state index contributed by atoms with van der Waals surface area (Å²) in [7, 11) is -3.01. The number of hydrogen-bond acceptors (Lipinski definition) is 5. The minimum atomic E-state index is -4.50. The molecule has 0 atom stereocenters. The van der Waals surface area contributed by atoms with Crippen LogP contribution in [0, 0.1) is 6.92 Å². The van der Waals surface area contributed by atoms with Crippen LogP contribution >= 0.6 is 0 Å². The lowest BCUT2D eigenvalue weighted by molar-refractivity contribution is -0.141. The van der Waals surface area contributed by atoms with Gasteiger partial charge in [-0.3, -0.25) is 4.90 Å². The number of nitrogens with one attached hydrogen (secondary N) is 1. The molecule has 0 fully saturated rings. The molecular formula is C25H26F3N3O2S. The molecule has 3 aromatic rings. The van der Waals surface area contributed by atoms with E-state index in [2.05, 4.69) is 15.2 Å². The first-order valence-electron chi connectivity index (χ1n) is 10.9. The van der Waals surface area contributed by atoms with E-state index in [1.165, 1.54) is 12.3 Å². The van der Waals surface area contributed by atoms with Crippen molar-refractivity contribution in [3.05, 3.63) is 77.0 Å². The molecule has 4 rings (SSSR count). The molecular weight excluding hydrogens is 463 g/mol. The van der Waals surface area contributed by atoms with Crippen LogP contribution in [0.4, 0.5) is 24.5 Å². The van der Waals surface area contributed by atoms with Crippen molar-refractivity contribution in [3.8, 4) is 11.3 Å². The fraction of sp³-hybridized carbons (Fsp3) is 0.320. The average molecular weight is 490 g/mol. The molecule has 1 aliphatic heterocycles. The molecule has 2 aromatic carbocycles. The number of fused-ring (bicyclic) bond motifs is 1. The number of nitrogens with zero attached hydrogens (tertiary/aromatic N) is 2. The molecule has 5 nitrogen and oxygen atoms in total. The van der Waals surface area contributed by atoms with Crippen LogP contribution in [0.5, 0.6) is 0 Å². The van der Waals surface area contributed by atoms with Gasteiger partial charge in [0.05, 0.1) is 11.4 Å². The van der Waals surface area contributed by atoms with Gasteiger partial charge in [-0.25, -0.2) is 13.4 Å². The Bertz CT molecular complexity index is 1310.